The van der Waals surface area contributed by atoms with Crippen molar-refractivity contribution in [2.45, 2.75) is 12.0 Å². The van der Waals surface area contributed by atoms with E-state index in [2.05, 4.69) is 26.6 Å². The Morgan fingerprint density at radius 3 is 2.61 bits per heavy atom. The molecule has 0 amide bonds. The van der Waals surface area contributed by atoms with Crippen LogP contribution in [0.4, 0.5) is 14.5 Å². The van der Waals surface area contributed by atoms with Gasteiger partial charge in [-0.25, -0.2) is 8.78 Å². The molecular weight excluding hydrogens is 310 g/mol. The Bertz CT molecular complexity index is 492. The molecule has 0 spiro atoms. The van der Waals surface area contributed by atoms with Gasteiger partial charge in [-0.05, 0) is 22.0 Å². The molecule has 0 saturated carbocycles. The highest BCUT2D eigenvalue weighted by molar-refractivity contribution is 9.10. The highest BCUT2D eigenvalue weighted by Gasteiger charge is 2.39. The fourth-order valence-electron chi connectivity index (χ4n) is 1.88. The number of hydrogen-bond acceptors (Lipinski definition) is 3. The predicted octanol–water partition coefficient (Wildman–Crippen LogP) is 1.96. The van der Waals surface area contributed by atoms with Crippen LogP contribution in [0.5, 0.6) is 0 Å². The Morgan fingerprint density at radius 2 is 2.11 bits per heavy atom. The van der Waals surface area contributed by atoms with Gasteiger partial charge in [0.2, 0.25) is 0 Å². The van der Waals surface area contributed by atoms with Crippen molar-refractivity contribution >= 4 is 27.6 Å². The van der Waals surface area contributed by atoms with Crippen LogP contribution < -0.4 is 10.6 Å². The summed E-state index contributed by atoms with van der Waals surface area (Å²) in [6.07, 6.45) is -0.156. The van der Waals surface area contributed by atoms with Crippen molar-refractivity contribution in [2.75, 3.05) is 18.4 Å². The van der Waals surface area contributed by atoms with E-state index in [4.69, 9.17) is 5.11 Å². The number of rotatable bonds is 4. The Balaban J connectivity index is 2.22. The van der Waals surface area contributed by atoms with Gasteiger partial charge in [0.15, 0.2) is 0 Å². The van der Waals surface area contributed by atoms with Crippen molar-refractivity contribution in [1.29, 1.82) is 0 Å². The second-order valence-corrected chi connectivity index (χ2v) is 5.18. The van der Waals surface area contributed by atoms with Crippen molar-refractivity contribution in [3.05, 3.63) is 28.2 Å². The smallest absolute Gasteiger partial charge is 0.305 e. The normalized spacial score (nSPS) is 17.1. The average molecular weight is 321 g/mol. The second kappa shape index (κ2) is 4.81. The summed E-state index contributed by atoms with van der Waals surface area (Å²) in [5, 5.41) is 14.5. The zero-order chi connectivity index (χ0) is 13.3. The number of carbonyl (C=O) groups is 1. The summed E-state index contributed by atoms with van der Waals surface area (Å²) in [6, 6.07) is 2.03. The molecule has 2 rings (SSSR count). The van der Waals surface area contributed by atoms with Gasteiger partial charge in [-0.15, -0.1) is 0 Å². The lowest BCUT2D eigenvalue weighted by molar-refractivity contribution is -0.138. The van der Waals surface area contributed by atoms with Crippen molar-refractivity contribution < 1.29 is 18.7 Å². The lowest BCUT2D eigenvalue weighted by Crippen LogP contribution is -2.65. The molecule has 1 aliphatic rings. The van der Waals surface area contributed by atoms with Crippen LogP contribution in [0.25, 0.3) is 0 Å². The van der Waals surface area contributed by atoms with E-state index in [0.29, 0.717) is 13.1 Å². The fourth-order valence-corrected chi connectivity index (χ4v) is 2.19. The maximum atomic E-state index is 13.6. The lowest BCUT2D eigenvalue weighted by Gasteiger charge is -2.43. The molecule has 98 valence electrons. The second-order valence-electron chi connectivity index (χ2n) is 4.33. The molecule has 3 N–H and O–H groups in total. The molecule has 0 radical (unpaired) electrons. The molecule has 1 fully saturated rings. The first-order valence-electron chi connectivity index (χ1n) is 5.27. The predicted molar refractivity (Wildman–Crippen MR) is 65.5 cm³/mol. The number of carboxylic acids is 1. The van der Waals surface area contributed by atoms with Crippen molar-refractivity contribution in [1.82, 2.24) is 5.32 Å². The third kappa shape index (κ3) is 2.62. The van der Waals surface area contributed by atoms with E-state index in [1.807, 2.05) is 0 Å². The molecule has 1 saturated heterocycles. The largest absolute Gasteiger partial charge is 0.481 e. The van der Waals surface area contributed by atoms with Gasteiger partial charge in [-0.3, -0.25) is 4.79 Å². The Kier molecular flexibility index (Phi) is 3.54. The first-order valence-corrected chi connectivity index (χ1v) is 6.06. The number of hydrogen-bond donors (Lipinski definition) is 3. The maximum absolute atomic E-state index is 13.6. The molecule has 7 heteroatoms. The van der Waals surface area contributed by atoms with Gasteiger partial charge in [0.25, 0.3) is 0 Å². The van der Waals surface area contributed by atoms with E-state index in [0.717, 1.165) is 12.1 Å². The number of carboxylic acid groups (broad SMARTS) is 1. The molecule has 0 aromatic heterocycles. The van der Waals surface area contributed by atoms with Crippen LogP contribution in [0.3, 0.4) is 0 Å². The quantitative estimate of drug-likeness (QED) is 0.742. The molecule has 1 aromatic carbocycles. The highest BCUT2D eigenvalue weighted by atomic mass is 79.9. The summed E-state index contributed by atoms with van der Waals surface area (Å²) in [4.78, 5) is 10.8. The fraction of sp³-hybridized carbons (Fsp3) is 0.364. The number of benzene rings is 1. The molecule has 0 aliphatic carbocycles. The van der Waals surface area contributed by atoms with Crippen LogP contribution in [0.15, 0.2) is 16.6 Å². The standard InChI is InChI=1S/C11H11BrF2N2O2/c12-6-1-8(14)9(2-7(6)13)16-11(3-10(17)18)4-15-5-11/h1-2,15-16H,3-5H2,(H,17,18). The first kappa shape index (κ1) is 13.2. The highest BCUT2D eigenvalue weighted by Crippen LogP contribution is 2.28. The van der Waals surface area contributed by atoms with Crippen LogP contribution in [0.2, 0.25) is 0 Å². The summed E-state index contributed by atoms with van der Waals surface area (Å²) in [6.45, 7) is 0.798. The van der Waals surface area contributed by atoms with E-state index < -0.39 is 23.1 Å². The summed E-state index contributed by atoms with van der Waals surface area (Å²) in [7, 11) is 0. The van der Waals surface area contributed by atoms with Crippen LogP contribution in [0.1, 0.15) is 6.42 Å². The average Bonchev–Trinajstić information content (AvgIpc) is 2.22. The number of anilines is 1. The number of halogens is 3. The maximum Gasteiger partial charge on any atom is 0.305 e. The monoisotopic (exact) mass is 320 g/mol. The number of nitrogens with one attached hydrogen (secondary N) is 2. The van der Waals surface area contributed by atoms with Gasteiger partial charge in [0, 0.05) is 19.2 Å². The van der Waals surface area contributed by atoms with Gasteiger partial charge in [-0.1, -0.05) is 0 Å². The van der Waals surface area contributed by atoms with E-state index in [-0.39, 0.29) is 16.6 Å². The molecule has 1 aromatic rings. The van der Waals surface area contributed by atoms with Crippen molar-refractivity contribution in [3.8, 4) is 0 Å². The van der Waals surface area contributed by atoms with Gasteiger partial charge < -0.3 is 15.7 Å². The molecule has 0 bridgehead atoms. The summed E-state index contributed by atoms with van der Waals surface area (Å²) in [5.41, 5.74) is -0.786. The third-order valence-electron chi connectivity index (χ3n) is 2.83. The third-order valence-corrected chi connectivity index (χ3v) is 3.43. The van der Waals surface area contributed by atoms with E-state index in [1.165, 1.54) is 0 Å². The topological polar surface area (TPSA) is 61.4 Å². The zero-order valence-corrected chi connectivity index (χ0v) is 10.9. The number of aliphatic carboxylic acids is 1. The van der Waals surface area contributed by atoms with Crippen molar-refractivity contribution in [2.24, 2.45) is 0 Å². The molecule has 4 nitrogen and oxygen atoms in total. The molecular formula is C11H11BrF2N2O2. The molecule has 18 heavy (non-hydrogen) atoms. The van der Waals surface area contributed by atoms with Crippen LogP contribution in [0, 0.1) is 11.6 Å². The minimum Gasteiger partial charge on any atom is -0.481 e. The van der Waals surface area contributed by atoms with Crippen molar-refractivity contribution in [3.63, 3.8) is 0 Å². The van der Waals surface area contributed by atoms with Gasteiger partial charge in [0.1, 0.15) is 11.6 Å². The summed E-state index contributed by atoms with van der Waals surface area (Å²) in [5.74, 6) is -2.21. The van der Waals surface area contributed by atoms with Gasteiger partial charge in [0.05, 0.1) is 22.1 Å². The zero-order valence-electron chi connectivity index (χ0n) is 9.27. The van der Waals surface area contributed by atoms with E-state index >= 15 is 0 Å². The molecule has 1 aliphatic heterocycles. The molecule has 1 heterocycles. The SMILES string of the molecule is O=C(O)CC1(Nc2cc(F)c(Br)cc2F)CNC1. The summed E-state index contributed by atoms with van der Waals surface area (Å²) >= 11 is 2.88. The summed E-state index contributed by atoms with van der Waals surface area (Å²) < 4.78 is 27.0. The first-order chi connectivity index (χ1) is 8.42. The lowest BCUT2D eigenvalue weighted by atomic mass is 9.88. The van der Waals surface area contributed by atoms with Crippen LogP contribution in [-0.4, -0.2) is 29.7 Å². The molecule has 0 unspecified atom stereocenters. The Labute approximate surface area is 111 Å². The van der Waals surface area contributed by atoms with E-state index in [9.17, 15) is 13.6 Å². The van der Waals surface area contributed by atoms with Gasteiger partial charge >= 0.3 is 5.97 Å². The minimum absolute atomic E-state index is 0.0292. The minimum atomic E-state index is -0.984. The Hall–Kier alpha value is -1.21. The molecule has 0 atom stereocenters. The van der Waals surface area contributed by atoms with Gasteiger partial charge in [-0.2, -0.15) is 0 Å². The van der Waals surface area contributed by atoms with Crippen LogP contribution >= 0.6 is 15.9 Å². The van der Waals surface area contributed by atoms with Crippen LogP contribution in [-0.2, 0) is 4.79 Å². The Morgan fingerprint density at radius 1 is 1.44 bits per heavy atom. The van der Waals surface area contributed by atoms with E-state index in [1.54, 1.807) is 0 Å².